The smallest absolute Gasteiger partial charge is 0.550 e. The van der Waals surface area contributed by atoms with Gasteiger partial charge in [-0.2, -0.15) is 0 Å². The van der Waals surface area contributed by atoms with Gasteiger partial charge in [0.05, 0.1) is 12.6 Å². The first-order valence-corrected chi connectivity index (χ1v) is 7.98. The van der Waals surface area contributed by atoms with E-state index >= 15 is 0 Å². The molecule has 10 heteroatoms. The van der Waals surface area contributed by atoms with Gasteiger partial charge in [0.1, 0.15) is 5.75 Å². The van der Waals surface area contributed by atoms with Crippen LogP contribution in [0.3, 0.4) is 0 Å². The Morgan fingerprint density at radius 3 is 2.17 bits per heavy atom. The predicted molar refractivity (Wildman–Crippen MR) is 104 cm³/mol. The van der Waals surface area contributed by atoms with Crippen molar-refractivity contribution in [3.05, 3.63) is 64.3 Å². The molecular formula is C19H21ClKNO7. The first kappa shape index (κ1) is 29.9. The van der Waals surface area contributed by atoms with Crippen molar-refractivity contribution in [2.24, 2.45) is 0 Å². The topological polar surface area (TPSA) is 166 Å². The summed E-state index contributed by atoms with van der Waals surface area (Å²) >= 11 is 5.88. The van der Waals surface area contributed by atoms with Gasteiger partial charge in [-0.1, -0.05) is 11.6 Å². The van der Waals surface area contributed by atoms with E-state index in [0.717, 1.165) is 0 Å². The van der Waals surface area contributed by atoms with Crippen LogP contribution in [0.25, 0.3) is 10.9 Å². The molecule has 0 amide bonds. The summed E-state index contributed by atoms with van der Waals surface area (Å²) in [4.78, 5) is 24.1. The molecule has 0 bridgehead atoms. The minimum atomic E-state index is -1.20. The molecule has 3 aromatic rings. The van der Waals surface area contributed by atoms with Crippen LogP contribution in [0, 0.1) is 6.92 Å². The van der Waals surface area contributed by atoms with E-state index in [2.05, 4.69) is 0 Å². The molecular weight excluding hydrogens is 429 g/mol. The van der Waals surface area contributed by atoms with Crippen molar-refractivity contribution in [2.75, 3.05) is 7.11 Å². The predicted octanol–water partition coefficient (Wildman–Crippen LogP) is -2.88. The fraction of sp³-hybridized carbons (Fsp3) is 0.158. The van der Waals surface area contributed by atoms with Gasteiger partial charge in [-0.25, -0.2) is 0 Å². The Kier molecular flexibility index (Phi) is 12.8. The maximum atomic E-state index is 13.0. The van der Waals surface area contributed by atoms with Gasteiger partial charge in [-0.15, -0.1) is 0 Å². The van der Waals surface area contributed by atoms with E-state index < -0.39 is 5.97 Å². The van der Waals surface area contributed by atoms with Gasteiger partial charge >= 0.3 is 51.4 Å². The van der Waals surface area contributed by atoms with Crippen LogP contribution in [-0.2, 0) is 11.2 Å². The fourth-order valence-corrected chi connectivity index (χ4v) is 3.07. The summed E-state index contributed by atoms with van der Waals surface area (Å²) in [5, 5.41) is 12.3. The minimum absolute atomic E-state index is 0. The Morgan fingerprint density at radius 1 is 1.07 bits per heavy atom. The number of fused-ring (bicyclic) bond motifs is 1. The molecule has 0 spiro atoms. The number of hydrogen-bond donors (Lipinski definition) is 0. The van der Waals surface area contributed by atoms with Gasteiger partial charge in [0.25, 0.3) is 5.91 Å². The molecule has 0 saturated heterocycles. The molecule has 0 aliphatic heterocycles. The molecule has 3 rings (SSSR count). The molecule has 0 atom stereocenters. The summed E-state index contributed by atoms with van der Waals surface area (Å²) in [6.45, 7) is 1.72. The second-order valence-electron chi connectivity index (χ2n) is 5.64. The molecule has 152 valence electrons. The number of aromatic nitrogens is 1. The molecule has 0 fully saturated rings. The quantitative estimate of drug-likeness (QED) is 0.390. The van der Waals surface area contributed by atoms with Crippen LogP contribution in [-0.4, -0.2) is 40.0 Å². The van der Waals surface area contributed by atoms with Crippen molar-refractivity contribution >= 4 is 34.4 Å². The van der Waals surface area contributed by atoms with Crippen LogP contribution in [0.5, 0.6) is 5.75 Å². The van der Waals surface area contributed by atoms with E-state index in [0.29, 0.717) is 38.5 Å². The number of carbonyl (C=O) groups is 2. The molecule has 1 heterocycles. The maximum Gasteiger partial charge on any atom is 1.00 e. The van der Waals surface area contributed by atoms with E-state index in [4.69, 9.17) is 16.3 Å². The fourth-order valence-electron chi connectivity index (χ4n) is 2.94. The first-order chi connectivity index (χ1) is 11.9. The standard InChI is InChI=1S/C19H16ClNO4.K.3H2O/c1-11-15(10-18(22)23)16-9-14(25-2)7-8-17(16)21(11)19(24)12-3-5-13(20)6-4-12;;;;/h3-9H,10H2,1-2H3,(H,22,23);;3*1H2/q;+1;;;/p-1. The number of halogens is 1. The van der Waals surface area contributed by atoms with E-state index in [1.807, 2.05) is 0 Å². The normalized spacial score (nSPS) is 9.34. The number of rotatable bonds is 4. The number of methoxy groups -OCH3 is 1. The number of nitrogens with zero attached hydrogens (tertiary/aromatic N) is 1. The number of carbonyl (C=O) groups excluding carboxylic acids is 2. The van der Waals surface area contributed by atoms with Crippen LogP contribution >= 0.6 is 11.6 Å². The Hall–Kier alpha value is -1.27. The SMILES string of the molecule is COc1ccc2c(c1)c(CC(=O)[O-])c(C)n2C(=O)c1ccc(Cl)cc1.O.O.O.[K+]. The zero-order chi connectivity index (χ0) is 18.1. The summed E-state index contributed by atoms with van der Waals surface area (Å²) in [7, 11) is 1.53. The van der Waals surface area contributed by atoms with Gasteiger partial charge in [-0.05, 0) is 55.0 Å². The van der Waals surface area contributed by atoms with Gasteiger partial charge in [-0.3, -0.25) is 9.36 Å². The van der Waals surface area contributed by atoms with Crippen molar-refractivity contribution in [3.63, 3.8) is 0 Å². The Labute approximate surface area is 214 Å². The van der Waals surface area contributed by atoms with Crippen LogP contribution in [0.4, 0.5) is 0 Å². The minimum Gasteiger partial charge on any atom is -0.550 e. The molecule has 6 N–H and O–H groups in total. The second-order valence-corrected chi connectivity index (χ2v) is 6.08. The molecule has 0 radical (unpaired) electrons. The van der Waals surface area contributed by atoms with Crippen molar-refractivity contribution in [3.8, 4) is 5.75 Å². The van der Waals surface area contributed by atoms with Gasteiger partial charge in [0, 0.05) is 34.1 Å². The van der Waals surface area contributed by atoms with Crippen LogP contribution in [0.1, 0.15) is 21.6 Å². The summed E-state index contributed by atoms with van der Waals surface area (Å²) < 4.78 is 6.73. The van der Waals surface area contributed by atoms with Crippen molar-refractivity contribution in [1.82, 2.24) is 4.57 Å². The summed E-state index contributed by atoms with van der Waals surface area (Å²) in [5.74, 6) is -0.874. The molecule has 0 saturated carbocycles. The van der Waals surface area contributed by atoms with E-state index in [1.165, 1.54) is 11.7 Å². The number of carboxylic acid groups (broad SMARTS) is 1. The van der Waals surface area contributed by atoms with Gasteiger partial charge in [0.2, 0.25) is 0 Å². The number of ether oxygens (including phenoxy) is 1. The van der Waals surface area contributed by atoms with E-state index in [9.17, 15) is 14.7 Å². The Morgan fingerprint density at radius 2 is 1.66 bits per heavy atom. The molecule has 0 aliphatic carbocycles. The third-order valence-electron chi connectivity index (χ3n) is 4.16. The number of benzene rings is 2. The monoisotopic (exact) mass is 449 g/mol. The molecule has 2 aromatic carbocycles. The van der Waals surface area contributed by atoms with Gasteiger partial charge in [0.15, 0.2) is 0 Å². The Balaban J connectivity index is 0. The number of aliphatic carboxylic acids is 1. The average molecular weight is 450 g/mol. The molecule has 8 nitrogen and oxygen atoms in total. The van der Waals surface area contributed by atoms with Crippen LogP contribution in [0.2, 0.25) is 5.02 Å². The zero-order valence-corrected chi connectivity index (χ0v) is 20.1. The summed E-state index contributed by atoms with van der Waals surface area (Å²) in [6.07, 6.45) is -0.281. The van der Waals surface area contributed by atoms with Crippen molar-refractivity contribution in [2.45, 2.75) is 13.3 Å². The van der Waals surface area contributed by atoms with Crippen molar-refractivity contribution in [1.29, 1.82) is 0 Å². The van der Waals surface area contributed by atoms with E-state index in [-0.39, 0.29) is 80.1 Å². The average Bonchev–Trinajstić information content (AvgIpc) is 2.86. The first-order valence-electron chi connectivity index (χ1n) is 7.60. The maximum absolute atomic E-state index is 13.0. The number of hydrogen-bond acceptors (Lipinski definition) is 4. The molecule has 0 unspecified atom stereocenters. The third kappa shape index (κ3) is 6.11. The van der Waals surface area contributed by atoms with Crippen LogP contribution < -0.4 is 61.2 Å². The van der Waals surface area contributed by atoms with Gasteiger partial charge < -0.3 is 31.1 Å². The van der Waals surface area contributed by atoms with Crippen LogP contribution in [0.15, 0.2) is 42.5 Å². The largest absolute Gasteiger partial charge is 1.00 e. The summed E-state index contributed by atoms with van der Waals surface area (Å²) in [5.41, 5.74) is 2.18. The molecule has 1 aromatic heterocycles. The third-order valence-corrected chi connectivity index (χ3v) is 4.41. The summed E-state index contributed by atoms with van der Waals surface area (Å²) in [6, 6.07) is 11.8. The van der Waals surface area contributed by atoms with Crippen molar-refractivity contribution < 1.29 is 87.2 Å². The van der Waals surface area contributed by atoms with E-state index in [1.54, 1.807) is 49.4 Å². The molecule has 29 heavy (non-hydrogen) atoms. The molecule has 0 aliphatic rings. The Bertz CT molecular complexity index is 986. The second kappa shape index (κ2) is 12.4. The number of carboxylic acids is 1. The zero-order valence-electron chi connectivity index (χ0n) is 16.2.